The SMILES string of the molecule is Cc1ccc(C(=O)N[C@@H](CC(C)C)C(=O)N2CCCCC2)cc1. The van der Waals surface area contributed by atoms with E-state index >= 15 is 0 Å². The van der Waals surface area contributed by atoms with Crippen LogP contribution < -0.4 is 5.32 Å². The second kappa shape index (κ2) is 8.14. The van der Waals surface area contributed by atoms with Gasteiger partial charge in [0.05, 0.1) is 0 Å². The van der Waals surface area contributed by atoms with Crippen molar-refractivity contribution >= 4 is 11.8 Å². The monoisotopic (exact) mass is 316 g/mol. The molecule has 1 N–H and O–H groups in total. The minimum absolute atomic E-state index is 0.0684. The van der Waals surface area contributed by atoms with Crippen LogP contribution in [-0.2, 0) is 4.79 Å². The molecule has 23 heavy (non-hydrogen) atoms. The van der Waals surface area contributed by atoms with Crippen LogP contribution >= 0.6 is 0 Å². The van der Waals surface area contributed by atoms with Crippen molar-refractivity contribution in [1.29, 1.82) is 0 Å². The smallest absolute Gasteiger partial charge is 0.251 e. The van der Waals surface area contributed by atoms with E-state index in [1.54, 1.807) is 0 Å². The molecule has 0 aromatic heterocycles. The molecule has 1 heterocycles. The fourth-order valence-corrected chi connectivity index (χ4v) is 2.97. The highest BCUT2D eigenvalue weighted by molar-refractivity contribution is 5.97. The van der Waals surface area contributed by atoms with Gasteiger partial charge in [0.1, 0.15) is 6.04 Å². The number of likely N-dealkylation sites (tertiary alicyclic amines) is 1. The molecule has 1 saturated heterocycles. The van der Waals surface area contributed by atoms with Crippen molar-refractivity contribution < 1.29 is 9.59 Å². The molecular weight excluding hydrogens is 288 g/mol. The predicted molar refractivity (Wildman–Crippen MR) is 92.3 cm³/mol. The van der Waals surface area contributed by atoms with E-state index in [2.05, 4.69) is 19.2 Å². The Morgan fingerprint density at radius 2 is 1.70 bits per heavy atom. The summed E-state index contributed by atoms with van der Waals surface area (Å²) in [6.45, 7) is 7.77. The Bertz CT molecular complexity index is 531. The summed E-state index contributed by atoms with van der Waals surface area (Å²) in [6.07, 6.45) is 3.99. The highest BCUT2D eigenvalue weighted by Gasteiger charge is 2.27. The molecule has 126 valence electrons. The summed E-state index contributed by atoms with van der Waals surface area (Å²) in [5.74, 6) is 0.256. The summed E-state index contributed by atoms with van der Waals surface area (Å²) in [5.41, 5.74) is 1.72. The third kappa shape index (κ3) is 5.08. The summed E-state index contributed by atoms with van der Waals surface area (Å²) in [5, 5.41) is 2.95. The van der Waals surface area contributed by atoms with Gasteiger partial charge in [0.25, 0.3) is 5.91 Å². The van der Waals surface area contributed by atoms with Crippen LogP contribution in [0.25, 0.3) is 0 Å². The molecule has 1 fully saturated rings. The van der Waals surface area contributed by atoms with Gasteiger partial charge in [-0.15, -0.1) is 0 Å². The lowest BCUT2D eigenvalue weighted by atomic mass is 10.0. The molecule has 4 heteroatoms. The molecule has 0 spiro atoms. The zero-order valence-electron chi connectivity index (χ0n) is 14.5. The maximum Gasteiger partial charge on any atom is 0.251 e. The number of nitrogens with one attached hydrogen (secondary N) is 1. The van der Waals surface area contributed by atoms with Crippen molar-refractivity contribution in [3.63, 3.8) is 0 Å². The van der Waals surface area contributed by atoms with Crippen molar-refractivity contribution in [3.8, 4) is 0 Å². The van der Waals surface area contributed by atoms with Crippen LogP contribution in [0.1, 0.15) is 55.5 Å². The summed E-state index contributed by atoms with van der Waals surface area (Å²) < 4.78 is 0. The number of hydrogen-bond donors (Lipinski definition) is 1. The third-order valence-corrected chi connectivity index (χ3v) is 4.29. The molecule has 1 aliphatic rings. The number of carbonyl (C=O) groups excluding carboxylic acids is 2. The van der Waals surface area contributed by atoms with E-state index in [-0.39, 0.29) is 11.8 Å². The minimum atomic E-state index is -0.429. The van der Waals surface area contributed by atoms with E-state index in [0.717, 1.165) is 31.5 Å². The van der Waals surface area contributed by atoms with E-state index in [1.165, 1.54) is 6.42 Å². The molecule has 1 atom stereocenters. The van der Waals surface area contributed by atoms with Gasteiger partial charge in [-0.1, -0.05) is 31.5 Å². The first-order valence-electron chi connectivity index (χ1n) is 8.63. The molecule has 2 amide bonds. The van der Waals surface area contributed by atoms with Crippen molar-refractivity contribution in [2.75, 3.05) is 13.1 Å². The van der Waals surface area contributed by atoms with Gasteiger partial charge in [0.2, 0.25) is 5.91 Å². The van der Waals surface area contributed by atoms with Crippen LogP contribution in [0, 0.1) is 12.8 Å². The predicted octanol–water partition coefficient (Wildman–Crippen LogP) is 3.15. The second-order valence-electron chi connectivity index (χ2n) is 6.91. The van der Waals surface area contributed by atoms with Crippen LogP contribution in [-0.4, -0.2) is 35.8 Å². The minimum Gasteiger partial charge on any atom is -0.341 e. The van der Waals surface area contributed by atoms with Crippen LogP contribution in [0.5, 0.6) is 0 Å². The van der Waals surface area contributed by atoms with Crippen molar-refractivity contribution in [1.82, 2.24) is 10.2 Å². The lowest BCUT2D eigenvalue weighted by molar-refractivity contribution is -0.134. The topological polar surface area (TPSA) is 49.4 Å². The molecule has 0 unspecified atom stereocenters. The molecule has 2 rings (SSSR count). The van der Waals surface area contributed by atoms with Gasteiger partial charge in [-0.2, -0.15) is 0 Å². The van der Waals surface area contributed by atoms with Gasteiger partial charge in [0, 0.05) is 18.7 Å². The highest BCUT2D eigenvalue weighted by Crippen LogP contribution is 2.14. The van der Waals surface area contributed by atoms with E-state index in [4.69, 9.17) is 0 Å². The Kier molecular flexibility index (Phi) is 6.20. The number of amides is 2. The van der Waals surface area contributed by atoms with Crippen LogP contribution in [0.2, 0.25) is 0 Å². The molecule has 4 nitrogen and oxygen atoms in total. The number of nitrogens with zero attached hydrogens (tertiary/aromatic N) is 1. The van der Waals surface area contributed by atoms with Crippen molar-refractivity contribution in [2.24, 2.45) is 5.92 Å². The zero-order chi connectivity index (χ0) is 16.8. The number of rotatable bonds is 5. The fourth-order valence-electron chi connectivity index (χ4n) is 2.97. The standard InChI is InChI=1S/C19H28N2O2/c1-14(2)13-17(19(23)21-11-5-4-6-12-21)20-18(22)16-9-7-15(3)8-10-16/h7-10,14,17H,4-6,11-13H2,1-3H3,(H,20,22)/t17-/m0/s1. The van der Waals surface area contributed by atoms with Crippen molar-refractivity contribution in [3.05, 3.63) is 35.4 Å². The molecule has 1 aromatic rings. The lowest BCUT2D eigenvalue weighted by Crippen LogP contribution is -2.50. The summed E-state index contributed by atoms with van der Waals surface area (Å²) in [4.78, 5) is 27.1. The largest absolute Gasteiger partial charge is 0.341 e. The Labute approximate surface area is 139 Å². The number of benzene rings is 1. The van der Waals surface area contributed by atoms with Gasteiger partial charge >= 0.3 is 0 Å². The fraction of sp³-hybridized carbons (Fsp3) is 0.579. The number of carbonyl (C=O) groups is 2. The molecule has 1 aromatic carbocycles. The normalized spacial score (nSPS) is 16.3. The zero-order valence-corrected chi connectivity index (χ0v) is 14.5. The quantitative estimate of drug-likeness (QED) is 0.907. The molecule has 0 saturated carbocycles. The average Bonchev–Trinajstić information content (AvgIpc) is 2.54. The van der Waals surface area contributed by atoms with Gasteiger partial charge < -0.3 is 10.2 Å². The Morgan fingerprint density at radius 1 is 1.09 bits per heavy atom. The van der Waals surface area contributed by atoms with E-state index in [0.29, 0.717) is 17.9 Å². The Balaban J connectivity index is 2.06. The molecule has 0 bridgehead atoms. The average molecular weight is 316 g/mol. The lowest BCUT2D eigenvalue weighted by Gasteiger charge is -2.31. The van der Waals surface area contributed by atoms with Gasteiger partial charge in [-0.25, -0.2) is 0 Å². The Hall–Kier alpha value is -1.84. The van der Waals surface area contributed by atoms with Crippen LogP contribution in [0.4, 0.5) is 0 Å². The first-order valence-corrected chi connectivity index (χ1v) is 8.63. The first kappa shape index (κ1) is 17.5. The number of aryl methyl sites for hydroxylation is 1. The third-order valence-electron chi connectivity index (χ3n) is 4.29. The van der Waals surface area contributed by atoms with Gasteiger partial charge in [-0.3, -0.25) is 9.59 Å². The second-order valence-corrected chi connectivity index (χ2v) is 6.91. The highest BCUT2D eigenvalue weighted by atomic mass is 16.2. The molecule has 0 aliphatic carbocycles. The van der Waals surface area contributed by atoms with Crippen LogP contribution in [0.15, 0.2) is 24.3 Å². The van der Waals surface area contributed by atoms with Crippen LogP contribution in [0.3, 0.4) is 0 Å². The maximum atomic E-state index is 12.8. The number of piperidine rings is 1. The first-order chi connectivity index (χ1) is 11.0. The maximum absolute atomic E-state index is 12.8. The van der Waals surface area contributed by atoms with Gasteiger partial charge in [0.15, 0.2) is 0 Å². The molecule has 0 radical (unpaired) electrons. The number of hydrogen-bond acceptors (Lipinski definition) is 2. The van der Waals surface area contributed by atoms with Gasteiger partial charge in [-0.05, 0) is 50.7 Å². The van der Waals surface area contributed by atoms with E-state index in [9.17, 15) is 9.59 Å². The summed E-state index contributed by atoms with van der Waals surface area (Å²) >= 11 is 0. The summed E-state index contributed by atoms with van der Waals surface area (Å²) in [6, 6.07) is 7.02. The molecule has 1 aliphatic heterocycles. The molecular formula is C19H28N2O2. The Morgan fingerprint density at radius 3 is 2.26 bits per heavy atom. The van der Waals surface area contributed by atoms with Crippen molar-refractivity contribution in [2.45, 2.75) is 52.5 Å². The van der Waals surface area contributed by atoms with E-state index < -0.39 is 6.04 Å². The summed E-state index contributed by atoms with van der Waals surface area (Å²) in [7, 11) is 0. The van der Waals surface area contributed by atoms with E-state index in [1.807, 2.05) is 36.1 Å².